The average Bonchev–Trinajstić information content (AvgIpc) is 2.92. The summed E-state index contributed by atoms with van der Waals surface area (Å²) in [7, 11) is 3.13. The standard InChI is InChI=1S/C31H44O7/c1-21-7-6-8-27-30(3,15-13-24(19-33)14-16-32)22(2)17-28(34)31(21,27)20-38-29(35)12-10-23-9-11-25(36-4)26(18-23)37-5/h7,9-12,14,18,22,27-28,32-34H,6,8,13,15-17,19-20H2,1-5H3/b12-10+,24-14-/t22-,27-,28-,30+,31+/m1/s1. The molecule has 0 heterocycles. The summed E-state index contributed by atoms with van der Waals surface area (Å²) >= 11 is 0. The smallest absolute Gasteiger partial charge is 0.330 e. The van der Waals surface area contributed by atoms with Crippen LogP contribution in [0, 0.1) is 22.7 Å². The molecule has 0 saturated heterocycles. The lowest BCUT2D eigenvalue weighted by Crippen LogP contribution is -2.60. The van der Waals surface area contributed by atoms with Gasteiger partial charge < -0.3 is 29.5 Å². The molecule has 0 radical (unpaired) electrons. The van der Waals surface area contributed by atoms with E-state index in [4.69, 9.17) is 14.2 Å². The normalized spacial score (nSPS) is 29.5. The van der Waals surface area contributed by atoms with E-state index < -0.39 is 17.5 Å². The predicted molar refractivity (Wildman–Crippen MR) is 148 cm³/mol. The summed E-state index contributed by atoms with van der Waals surface area (Å²) in [5, 5.41) is 30.5. The molecule has 1 aromatic rings. The van der Waals surface area contributed by atoms with Crippen LogP contribution in [0.25, 0.3) is 6.08 Å². The Morgan fingerprint density at radius 1 is 1.18 bits per heavy atom. The molecule has 0 bridgehead atoms. The van der Waals surface area contributed by atoms with Crippen LogP contribution in [0.15, 0.2) is 47.6 Å². The Balaban J connectivity index is 1.82. The number of carbonyl (C=O) groups excluding carboxylic acids is 1. The number of allylic oxidation sites excluding steroid dienone is 1. The molecule has 1 fully saturated rings. The van der Waals surface area contributed by atoms with Gasteiger partial charge in [0.05, 0.1) is 39.0 Å². The van der Waals surface area contributed by atoms with Crippen molar-refractivity contribution in [2.45, 2.75) is 59.0 Å². The van der Waals surface area contributed by atoms with Gasteiger partial charge in [-0.2, -0.15) is 0 Å². The fraction of sp³-hybridized carbons (Fsp3) is 0.581. The van der Waals surface area contributed by atoms with Crippen molar-refractivity contribution in [3.63, 3.8) is 0 Å². The van der Waals surface area contributed by atoms with Gasteiger partial charge in [0.2, 0.25) is 0 Å². The van der Waals surface area contributed by atoms with Crippen LogP contribution in [0.2, 0.25) is 0 Å². The molecule has 7 heteroatoms. The largest absolute Gasteiger partial charge is 0.493 e. The molecule has 3 rings (SSSR count). The number of hydrogen-bond donors (Lipinski definition) is 3. The molecule has 1 saturated carbocycles. The molecule has 0 aromatic heterocycles. The Bertz CT molecular complexity index is 1060. The summed E-state index contributed by atoms with van der Waals surface area (Å²) in [5.41, 5.74) is 1.88. The van der Waals surface area contributed by atoms with Crippen molar-refractivity contribution in [2.75, 3.05) is 34.0 Å². The molecule has 0 amide bonds. The monoisotopic (exact) mass is 528 g/mol. The maximum atomic E-state index is 12.8. The number of esters is 1. The Hall–Kier alpha value is -2.61. The van der Waals surface area contributed by atoms with Crippen LogP contribution >= 0.6 is 0 Å². The van der Waals surface area contributed by atoms with E-state index in [9.17, 15) is 20.1 Å². The van der Waals surface area contributed by atoms with Crippen molar-refractivity contribution >= 4 is 12.0 Å². The summed E-state index contributed by atoms with van der Waals surface area (Å²) in [6.07, 6.45) is 10.2. The van der Waals surface area contributed by atoms with Crippen LogP contribution in [-0.4, -0.2) is 61.4 Å². The van der Waals surface area contributed by atoms with E-state index in [0.717, 1.165) is 36.0 Å². The van der Waals surface area contributed by atoms with Gasteiger partial charge >= 0.3 is 5.97 Å². The summed E-state index contributed by atoms with van der Waals surface area (Å²) in [5.74, 6) is 1.07. The van der Waals surface area contributed by atoms with Gasteiger partial charge in [-0.25, -0.2) is 4.79 Å². The molecule has 2 aliphatic rings. The minimum absolute atomic E-state index is 0.0770. The average molecular weight is 529 g/mol. The number of fused-ring (bicyclic) bond motifs is 1. The Labute approximate surface area is 226 Å². The van der Waals surface area contributed by atoms with Gasteiger partial charge in [0.25, 0.3) is 0 Å². The second-order valence-corrected chi connectivity index (χ2v) is 11.0. The molecular weight excluding hydrogens is 484 g/mol. The third-order valence-corrected chi connectivity index (χ3v) is 9.20. The lowest BCUT2D eigenvalue weighted by atomic mass is 9.45. The van der Waals surface area contributed by atoms with E-state index in [1.165, 1.54) is 6.08 Å². The van der Waals surface area contributed by atoms with Gasteiger partial charge in [0.15, 0.2) is 11.5 Å². The van der Waals surface area contributed by atoms with Crippen LogP contribution < -0.4 is 9.47 Å². The first kappa shape index (κ1) is 29.9. The maximum Gasteiger partial charge on any atom is 0.330 e. The lowest BCUT2D eigenvalue weighted by molar-refractivity contribution is -0.169. The third-order valence-electron chi connectivity index (χ3n) is 9.20. The second-order valence-electron chi connectivity index (χ2n) is 11.0. The minimum atomic E-state index is -0.660. The zero-order valence-electron chi connectivity index (χ0n) is 23.4. The number of benzene rings is 1. The molecule has 2 aliphatic carbocycles. The third kappa shape index (κ3) is 6.00. The van der Waals surface area contributed by atoms with E-state index in [0.29, 0.717) is 24.3 Å². The van der Waals surface area contributed by atoms with Crippen LogP contribution in [-0.2, 0) is 9.53 Å². The first-order valence-corrected chi connectivity index (χ1v) is 13.5. The van der Waals surface area contributed by atoms with Crippen LogP contribution in [0.1, 0.15) is 58.4 Å². The van der Waals surface area contributed by atoms with Crippen molar-refractivity contribution in [3.05, 3.63) is 53.1 Å². The SMILES string of the molecule is COc1ccc(/C=C/C(=O)OC[C@]23C(C)=CCC[C@@H]2[C@@](C)(CC/C(=C/CO)CO)[C@H](C)C[C@H]3O)cc1OC. The summed E-state index contributed by atoms with van der Waals surface area (Å²) in [4.78, 5) is 12.8. The van der Waals surface area contributed by atoms with E-state index in [-0.39, 0.29) is 37.1 Å². The molecule has 5 atom stereocenters. The van der Waals surface area contributed by atoms with Gasteiger partial charge in [0.1, 0.15) is 6.61 Å². The number of aliphatic hydroxyl groups is 3. The van der Waals surface area contributed by atoms with E-state index >= 15 is 0 Å². The number of ether oxygens (including phenoxy) is 3. The van der Waals surface area contributed by atoms with Crippen molar-refractivity contribution in [3.8, 4) is 11.5 Å². The fourth-order valence-corrected chi connectivity index (χ4v) is 6.66. The quantitative estimate of drug-likeness (QED) is 0.217. The fourth-order valence-electron chi connectivity index (χ4n) is 6.66. The molecule has 1 aromatic carbocycles. The first-order valence-electron chi connectivity index (χ1n) is 13.5. The summed E-state index contributed by atoms with van der Waals surface area (Å²) < 4.78 is 16.5. The number of carbonyl (C=O) groups is 1. The highest BCUT2D eigenvalue weighted by Gasteiger charge is 2.60. The molecule has 38 heavy (non-hydrogen) atoms. The van der Waals surface area contributed by atoms with E-state index in [1.54, 1.807) is 38.5 Å². The van der Waals surface area contributed by atoms with Crippen LogP contribution in [0.5, 0.6) is 11.5 Å². The van der Waals surface area contributed by atoms with Crippen molar-refractivity contribution < 1.29 is 34.3 Å². The van der Waals surface area contributed by atoms with Crippen molar-refractivity contribution in [1.29, 1.82) is 0 Å². The number of rotatable bonds is 11. The molecule has 0 spiro atoms. The first-order chi connectivity index (χ1) is 18.2. The van der Waals surface area contributed by atoms with E-state index in [2.05, 4.69) is 19.9 Å². The van der Waals surface area contributed by atoms with Gasteiger partial charge in [-0.05, 0) is 85.6 Å². The lowest BCUT2D eigenvalue weighted by Gasteiger charge is -2.60. The predicted octanol–water partition coefficient (Wildman–Crippen LogP) is 4.70. The van der Waals surface area contributed by atoms with Gasteiger partial charge in [-0.15, -0.1) is 0 Å². The summed E-state index contributed by atoms with van der Waals surface area (Å²) in [6, 6.07) is 5.40. The Morgan fingerprint density at radius 2 is 1.92 bits per heavy atom. The zero-order valence-corrected chi connectivity index (χ0v) is 23.4. The van der Waals surface area contributed by atoms with Crippen LogP contribution in [0.4, 0.5) is 0 Å². The molecule has 210 valence electrons. The van der Waals surface area contributed by atoms with E-state index in [1.807, 2.05) is 13.0 Å². The molecule has 3 N–H and O–H groups in total. The summed E-state index contributed by atoms with van der Waals surface area (Å²) in [6.45, 7) is 6.44. The number of methoxy groups -OCH3 is 2. The molecule has 7 nitrogen and oxygen atoms in total. The van der Waals surface area contributed by atoms with Crippen LogP contribution in [0.3, 0.4) is 0 Å². The maximum absolute atomic E-state index is 12.8. The van der Waals surface area contributed by atoms with Crippen molar-refractivity contribution in [1.82, 2.24) is 0 Å². The number of hydrogen-bond acceptors (Lipinski definition) is 7. The Kier molecular flexibility index (Phi) is 10.2. The topological polar surface area (TPSA) is 105 Å². The second kappa shape index (κ2) is 13.0. The van der Waals surface area contributed by atoms with Gasteiger partial charge in [-0.3, -0.25) is 0 Å². The molecule has 0 unspecified atom stereocenters. The van der Waals surface area contributed by atoms with Gasteiger partial charge in [-0.1, -0.05) is 37.6 Å². The van der Waals surface area contributed by atoms with Crippen molar-refractivity contribution in [2.24, 2.45) is 22.7 Å². The highest BCUT2D eigenvalue weighted by atomic mass is 16.5. The van der Waals surface area contributed by atoms with Gasteiger partial charge in [0, 0.05) is 6.08 Å². The molecular formula is C31H44O7. The highest BCUT2D eigenvalue weighted by Crippen LogP contribution is 2.62. The highest BCUT2D eigenvalue weighted by molar-refractivity contribution is 5.87. The number of aliphatic hydroxyl groups excluding tert-OH is 3. The minimum Gasteiger partial charge on any atom is -0.493 e. The zero-order chi connectivity index (χ0) is 27.9. The Morgan fingerprint density at radius 3 is 2.58 bits per heavy atom. The molecule has 0 aliphatic heterocycles.